The van der Waals surface area contributed by atoms with Crippen molar-refractivity contribution in [1.82, 2.24) is 0 Å². The summed E-state index contributed by atoms with van der Waals surface area (Å²) in [5.74, 6) is 0.581. The van der Waals surface area contributed by atoms with E-state index in [0.717, 1.165) is 12.8 Å². The predicted octanol–water partition coefficient (Wildman–Crippen LogP) is 1.60. The molecular formula is C12H19NO3S. The fourth-order valence-electron chi connectivity index (χ4n) is 1.47. The molecule has 0 fully saturated rings. The van der Waals surface area contributed by atoms with Crippen molar-refractivity contribution in [1.29, 1.82) is 0 Å². The molecular weight excluding hydrogens is 238 g/mol. The van der Waals surface area contributed by atoms with Gasteiger partial charge in [0.25, 0.3) is 0 Å². The fraction of sp³-hybridized carbons (Fsp3) is 0.500. The molecule has 0 aromatic heterocycles. The third-order valence-corrected chi connectivity index (χ3v) is 3.50. The number of nitrogens with two attached hydrogens (primary N) is 1. The molecule has 4 nitrogen and oxygen atoms in total. The number of benzene rings is 1. The average Bonchev–Trinajstić information content (AvgIpc) is 2.25. The molecule has 1 unspecified atom stereocenters. The van der Waals surface area contributed by atoms with Gasteiger partial charge in [0.2, 0.25) is 0 Å². The van der Waals surface area contributed by atoms with E-state index in [1.165, 1.54) is 6.26 Å². The third-order valence-electron chi connectivity index (χ3n) is 2.39. The van der Waals surface area contributed by atoms with Gasteiger partial charge in [0.05, 0.1) is 11.0 Å². The number of ether oxygens (including phenoxy) is 1. The van der Waals surface area contributed by atoms with Crippen molar-refractivity contribution in [3.8, 4) is 5.75 Å². The molecule has 0 heterocycles. The van der Waals surface area contributed by atoms with E-state index in [-0.39, 0.29) is 11.0 Å². The molecule has 0 saturated heterocycles. The molecule has 0 aliphatic carbocycles. The smallest absolute Gasteiger partial charge is 0.175 e. The summed E-state index contributed by atoms with van der Waals surface area (Å²) in [4.78, 5) is 0.279. The van der Waals surface area contributed by atoms with E-state index in [2.05, 4.69) is 0 Å². The molecule has 0 spiro atoms. The molecule has 0 amide bonds. The quantitative estimate of drug-likeness (QED) is 0.840. The highest BCUT2D eigenvalue weighted by atomic mass is 32.2. The zero-order valence-electron chi connectivity index (χ0n) is 10.2. The second kappa shape index (κ2) is 6.02. The second-order valence-corrected chi connectivity index (χ2v) is 6.12. The standard InChI is InChI=1S/C12H19NO3S/c1-10(5-4-8-13)16-11-6-3-7-12(9-11)17(2,14)15/h3,6-7,9-10H,4-5,8,13H2,1-2H3. The van der Waals surface area contributed by atoms with Gasteiger partial charge >= 0.3 is 0 Å². The largest absolute Gasteiger partial charge is 0.491 e. The topological polar surface area (TPSA) is 69.4 Å². The van der Waals surface area contributed by atoms with Gasteiger partial charge in [-0.2, -0.15) is 0 Å². The average molecular weight is 257 g/mol. The summed E-state index contributed by atoms with van der Waals surface area (Å²) in [5.41, 5.74) is 5.42. The van der Waals surface area contributed by atoms with Crippen LogP contribution >= 0.6 is 0 Å². The first-order valence-electron chi connectivity index (χ1n) is 5.60. The molecule has 1 rings (SSSR count). The highest BCUT2D eigenvalue weighted by Crippen LogP contribution is 2.19. The lowest BCUT2D eigenvalue weighted by Crippen LogP contribution is -2.14. The van der Waals surface area contributed by atoms with Crippen molar-refractivity contribution in [2.24, 2.45) is 5.73 Å². The molecule has 96 valence electrons. The predicted molar refractivity (Wildman–Crippen MR) is 67.9 cm³/mol. The van der Waals surface area contributed by atoms with E-state index >= 15 is 0 Å². The second-order valence-electron chi connectivity index (χ2n) is 4.11. The van der Waals surface area contributed by atoms with Gasteiger partial charge in [-0.05, 0) is 44.5 Å². The summed E-state index contributed by atoms with van der Waals surface area (Å²) in [6, 6.07) is 6.55. The maximum atomic E-state index is 11.4. The Labute approximate surface area is 103 Å². The number of hydrogen-bond acceptors (Lipinski definition) is 4. The van der Waals surface area contributed by atoms with Crippen LogP contribution in [0, 0.1) is 0 Å². The van der Waals surface area contributed by atoms with Crippen LogP contribution in [0.2, 0.25) is 0 Å². The lowest BCUT2D eigenvalue weighted by Gasteiger charge is -2.14. The third kappa shape index (κ3) is 4.75. The van der Waals surface area contributed by atoms with Crippen molar-refractivity contribution in [2.75, 3.05) is 12.8 Å². The Morgan fingerprint density at radius 1 is 1.41 bits per heavy atom. The maximum Gasteiger partial charge on any atom is 0.175 e. The van der Waals surface area contributed by atoms with Crippen molar-refractivity contribution in [3.63, 3.8) is 0 Å². The molecule has 0 bridgehead atoms. The van der Waals surface area contributed by atoms with Gasteiger partial charge in [0.1, 0.15) is 5.75 Å². The van der Waals surface area contributed by atoms with Crippen LogP contribution < -0.4 is 10.5 Å². The van der Waals surface area contributed by atoms with Gasteiger partial charge in [-0.15, -0.1) is 0 Å². The zero-order valence-corrected chi connectivity index (χ0v) is 11.0. The first kappa shape index (κ1) is 14.0. The zero-order chi connectivity index (χ0) is 12.9. The highest BCUT2D eigenvalue weighted by Gasteiger charge is 2.09. The van der Waals surface area contributed by atoms with E-state index < -0.39 is 9.84 Å². The highest BCUT2D eigenvalue weighted by molar-refractivity contribution is 7.90. The molecule has 0 radical (unpaired) electrons. The van der Waals surface area contributed by atoms with Crippen LogP contribution in [0.4, 0.5) is 0 Å². The molecule has 2 N–H and O–H groups in total. The molecule has 1 aromatic rings. The van der Waals surface area contributed by atoms with Gasteiger partial charge in [-0.3, -0.25) is 0 Å². The lowest BCUT2D eigenvalue weighted by atomic mass is 10.2. The summed E-state index contributed by atoms with van der Waals surface area (Å²) in [7, 11) is -3.18. The maximum absolute atomic E-state index is 11.4. The van der Waals surface area contributed by atoms with Gasteiger partial charge in [0.15, 0.2) is 9.84 Å². The molecule has 0 saturated carbocycles. The molecule has 0 aliphatic heterocycles. The monoisotopic (exact) mass is 257 g/mol. The summed E-state index contributed by atoms with van der Waals surface area (Å²) in [5, 5.41) is 0. The van der Waals surface area contributed by atoms with E-state index in [9.17, 15) is 8.42 Å². The molecule has 17 heavy (non-hydrogen) atoms. The number of rotatable bonds is 6. The molecule has 1 aromatic carbocycles. The first-order valence-corrected chi connectivity index (χ1v) is 7.49. The van der Waals surface area contributed by atoms with E-state index in [4.69, 9.17) is 10.5 Å². The molecule has 1 atom stereocenters. The Morgan fingerprint density at radius 3 is 2.71 bits per heavy atom. The van der Waals surface area contributed by atoms with Crippen LogP contribution in [-0.2, 0) is 9.84 Å². The van der Waals surface area contributed by atoms with Crippen LogP contribution in [0.5, 0.6) is 5.75 Å². The Morgan fingerprint density at radius 2 is 2.12 bits per heavy atom. The van der Waals surface area contributed by atoms with Crippen molar-refractivity contribution in [3.05, 3.63) is 24.3 Å². The molecule has 0 aliphatic rings. The first-order chi connectivity index (χ1) is 7.93. The Kier molecular flexibility index (Phi) is 4.96. The van der Waals surface area contributed by atoms with Crippen molar-refractivity contribution in [2.45, 2.75) is 30.8 Å². The summed E-state index contributed by atoms with van der Waals surface area (Å²) in [6.07, 6.45) is 2.98. The number of sulfone groups is 1. The summed E-state index contributed by atoms with van der Waals surface area (Å²) >= 11 is 0. The Bertz CT molecular complexity index is 457. The van der Waals surface area contributed by atoms with Gasteiger partial charge in [-0.25, -0.2) is 8.42 Å². The minimum absolute atomic E-state index is 0.0355. The normalized spacial score (nSPS) is 13.4. The van der Waals surface area contributed by atoms with E-state index in [0.29, 0.717) is 12.3 Å². The van der Waals surface area contributed by atoms with Gasteiger partial charge in [-0.1, -0.05) is 6.07 Å². The van der Waals surface area contributed by atoms with Crippen LogP contribution in [0.15, 0.2) is 29.2 Å². The Hall–Kier alpha value is -1.07. The van der Waals surface area contributed by atoms with E-state index in [1.807, 2.05) is 6.92 Å². The van der Waals surface area contributed by atoms with Crippen LogP contribution in [-0.4, -0.2) is 27.3 Å². The van der Waals surface area contributed by atoms with Crippen LogP contribution in [0.25, 0.3) is 0 Å². The minimum Gasteiger partial charge on any atom is -0.491 e. The minimum atomic E-state index is -3.18. The van der Waals surface area contributed by atoms with Crippen LogP contribution in [0.1, 0.15) is 19.8 Å². The lowest BCUT2D eigenvalue weighted by molar-refractivity contribution is 0.208. The van der Waals surface area contributed by atoms with Crippen molar-refractivity contribution < 1.29 is 13.2 Å². The molecule has 5 heteroatoms. The number of hydrogen-bond donors (Lipinski definition) is 1. The van der Waals surface area contributed by atoms with Gasteiger partial charge in [0, 0.05) is 6.26 Å². The SMILES string of the molecule is CC(CCCN)Oc1cccc(S(C)(=O)=O)c1. The Balaban J connectivity index is 2.73. The summed E-state index contributed by atoms with van der Waals surface area (Å²) in [6.45, 7) is 2.58. The van der Waals surface area contributed by atoms with Crippen LogP contribution in [0.3, 0.4) is 0 Å². The van der Waals surface area contributed by atoms with E-state index in [1.54, 1.807) is 24.3 Å². The van der Waals surface area contributed by atoms with Crippen molar-refractivity contribution >= 4 is 9.84 Å². The van der Waals surface area contributed by atoms with Gasteiger partial charge < -0.3 is 10.5 Å². The fourth-order valence-corrected chi connectivity index (χ4v) is 2.13. The summed E-state index contributed by atoms with van der Waals surface area (Å²) < 4.78 is 28.4.